The summed E-state index contributed by atoms with van der Waals surface area (Å²) in [5, 5.41) is 5.36. The molecule has 28 heavy (non-hydrogen) atoms. The fourth-order valence-corrected chi connectivity index (χ4v) is 2.50. The maximum absolute atomic E-state index is 12.0. The highest BCUT2D eigenvalue weighted by atomic mass is 16.5. The topological polar surface area (TPSA) is 93.7 Å². The number of hydrogen-bond acceptors (Lipinski definition) is 5. The number of nitrogens with one attached hydrogen (secondary N) is 2. The molecule has 1 rings (SSSR count). The van der Waals surface area contributed by atoms with E-state index in [9.17, 15) is 14.4 Å². The number of methoxy groups -OCH3 is 1. The van der Waals surface area contributed by atoms with E-state index in [0.29, 0.717) is 25.8 Å². The van der Waals surface area contributed by atoms with Gasteiger partial charge in [-0.2, -0.15) is 0 Å². The molecule has 2 N–H and O–H groups in total. The van der Waals surface area contributed by atoms with Gasteiger partial charge in [0.1, 0.15) is 12.6 Å². The van der Waals surface area contributed by atoms with Crippen LogP contribution in [0.5, 0.6) is 0 Å². The van der Waals surface area contributed by atoms with Gasteiger partial charge in [-0.25, -0.2) is 9.59 Å². The lowest BCUT2D eigenvalue weighted by molar-refractivity contribution is -0.145. The molecule has 1 aromatic carbocycles. The minimum absolute atomic E-state index is 0.202. The van der Waals surface area contributed by atoms with Crippen LogP contribution in [0.4, 0.5) is 4.79 Å². The third-order valence-electron chi connectivity index (χ3n) is 3.94. The molecule has 7 nitrogen and oxygen atoms in total. The van der Waals surface area contributed by atoms with E-state index in [4.69, 9.17) is 9.47 Å². The average molecular weight is 390 g/mol. The zero-order chi connectivity index (χ0) is 20.8. The Kier molecular flexibility index (Phi) is 11.1. The SMILES string of the molecule is C=C(C)C[C@@H](NC(=O)CCCCCNC(=O)OCc1ccccc1)C(=O)OC. The second-order valence-corrected chi connectivity index (χ2v) is 6.60. The standard InChI is InChI=1S/C21H30N2O5/c1-16(2)14-18(20(25)27-3)23-19(24)12-8-5-9-13-22-21(26)28-15-17-10-6-4-7-11-17/h4,6-7,10-11,18H,1,5,8-9,12-15H2,2-3H3,(H,22,26)(H,23,24)/t18-/m1/s1. The predicted octanol–water partition coefficient (Wildman–Crippen LogP) is 3.10. The third kappa shape index (κ3) is 10.4. The summed E-state index contributed by atoms with van der Waals surface area (Å²) >= 11 is 0. The minimum Gasteiger partial charge on any atom is -0.467 e. The van der Waals surface area contributed by atoms with Crippen molar-refractivity contribution in [2.24, 2.45) is 0 Å². The van der Waals surface area contributed by atoms with Crippen LogP contribution in [0.1, 0.15) is 44.6 Å². The number of carbonyl (C=O) groups excluding carboxylic acids is 3. The molecule has 0 heterocycles. The van der Waals surface area contributed by atoms with Crippen LogP contribution in [-0.4, -0.2) is 37.7 Å². The number of hydrogen-bond donors (Lipinski definition) is 2. The van der Waals surface area contributed by atoms with Crippen molar-refractivity contribution in [1.29, 1.82) is 0 Å². The first-order valence-electron chi connectivity index (χ1n) is 9.38. The summed E-state index contributed by atoms with van der Waals surface area (Å²) in [7, 11) is 1.29. The first kappa shape index (κ1) is 23.2. The van der Waals surface area contributed by atoms with E-state index in [1.165, 1.54) is 7.11 Å². The van der Waals surface area contributed by atoms with Crippen molar-refractivity contribution in [2.45, 2.75) is 51.7 Å². The number of esters is 1. The predicted molar refractivity (Wildman–Crippen MR) is 106 cm³/mol. The average Bonchev–Trinajstić information content (AvgIpc) is 2.68. The summed E-state index contributed by atoms with van der Waals surface area (Å²) < 4.78 is 9.81. The lowest BCUT2D eigenvalue weighted by Gasteiger charge is -2.16. The second-order valence-electron chi connectivity index (χ2n) is 6.60. The molecule has 0 aliphatic heterocycles. The van der Waals surface area contributed by atoms with Gasteiger partial charge in [-0.05, 0) is 31.7 Å². The Morgan fingerprint density at radius 2 is 1.82 bits per heavy atom. The largest absolute Gasteiger partial charge is 0.467 e. The van der Waals surface area contributed by atoms with Crippen molar-refractivity contribution in [3.05, 3.63) is 48.0 Å². The van der Waals surface area contributed by atoms with E-state index >= 15 is 0 Å². The van der Waals surface area contributed by atoms with Crippen molar-refractivity contribution < 1.29 is 23.9 Å². The Labute approximate surface area is 166 Å². The van der Waals surface area contributed by atoms with Gasteiger partial charge < -0.3 is 20.1 Å². The Morgan fingerprint density at radius 3 is 2.46 bits per heavy atom. The normalized spacial score (nSPS) is 11.2. The third-order valence-corrected chi connectivity index (χ3v) is 3.94. The van der Waals surface area contributed by atoms with Crippen LogP contribution in [-0.2, 0) is 25.7 Å². The lowest BCUT2D eigenvalue weighted by atomic mass is 10.1. The highest BCUT2D eigenvalue weighted by molar-refractivity contribution is 5.84. The summed E-state index contributed by atoms with van der Waals surface area (Å²) in [6, 6.07) is 8.76. The summed E-state index contributed by atoms with van der Waals surface area (Å²) in [5.74, 6) is -0.679. The Morgan fingerprint density at radius 1 is 1.11 bits per heavy atom. The van der Waals surface area contributed by atoms with Crippen LogP contribution in [0.25, 0.3) is 0 Å². The summed E-state index contributed by atoms with van der Waals surface area (Å²) in [6.45, 7) is 6.26. The van der Waals surface area contributed by atoms with E-state index in [-0.39, 0.29) is 12.5 Å². The molecule has 0 radical (unpaired) electrons. The van der Waals surface area contributed by atoms with Crippen LogP contribution in [0, 0.1) is 0 Å². The fraction of sp³-hybridized carbons (Fsp3) is 0.476. The number of rotatable bonds is 12. The monoisotopic (exact) mass is 390 g/mol. The van der Waals surface area contributed by atoms with Crippen molar-refractivity contribution in [3.63, 3.8) is 0 Å². The smallest absolute Gasteiger partial charge is 0.407 e. The molecule has 1 aromatic rings. The van der Waals surface area contributed by atoms with Crippen LogP contribution in [0.2, 0.25) is 0 Å². The Hall–Kier alpha value is -2.83. The van der Waals surface area contributed by atoms with Crippen molar-refractivity contribution >= 4 is 18.0 Å². The molecule has 0 fully saturated rings. The van der Waals surface area contributed by atoms with Crippen molar-refractivity contribution in [1.82, 2.24) is 10.6 Å². The second kappa shape index (κ2) is 13.4. The summed E-state index contributed by atoms with van der Waals surface area (Å²) in [4.78, 5) is 35.3. The van der Waals surface area contributed by atoms with Gasteiger partial charge in [0.05, 0.1) is 7.11 Å². The van der Waals surface area contributed by atoms with E-state index in [1.807, 2.05) is 30.3 Å². The molecule has 2 amide bonds. The zero-order valence-electron chi connectivity index (χ0n) is 16.7. The molecule has 0 aliphatic carbocycles. The molecule has 154 valence electrons. The number of ether oxygens (including phenoxy) is 2. The first-order valence-corrected chi connectivity index (χ1v) is 9.38. The van der Waals surface area contributed by atoms with Crippen LogP contribution in [0.15, 0.2) is 42.5 Å². The van der Waals surface area contributed by atoms with Crippen molar-refractivity contribution in [3.8, 4) is 0 Å². The number of benzene rings is 1. The number of unbranched alkanes of at least 4 members (excludes halogenated alkanes) is 2. The van der Waals surface area contributed by atoms with Gasteiger partial charge in [-0.3, -0.25) is 4.79 Å². The molecule has 0 aromatic heterocycles. The summed E-state index contributed by atoms with van der Waals surface area (Å²) in [6.07, 6.45) is 2.38. The molecular weight excluding hydrogens is 360 g/mol. The molecule has 0 aliphatic rings. The highest BCUT2D eigenvalue weighted by Crippen LogP contribution is 2.06. The number of alkyl carbamates (subject to hydrolysis) is 1. The van der Waals surface area contributed by atoms with Gasteiger partial charge in [-0.1, -0.05) is 42.3 Å². The minimum atomic E-state index is -0.698. The molecule has 0 spiro atoms. The Bertz CT molecular complexity index is 645. The van der Waals surface area contributed by atoms with Gasteiger partial charge >= 0.3 is 12.1 Å². The van der Waals surface area contributed by atoms with Gasteiger partial charge in [0.15, 0.2) is 0 Å². The van der Waals surface area contributed by atoms with E-state index in [1.54, 1.807) is 6.92 Å². The van der Waals surface area contributed by atoms with Gasteiger partial charge in [0.25, 0.3) is 0 Å². The van der Waals surface area contributed by atoms with E-state index < -0.39 is 18.1 Å². The number of carbonyl (C=O) groups is 3. The van der Waals surface area contributed by atoms with Crippen LogP contribution in [0.3, 0.4) is 0 Å². The molecule has 0 unspecified atom stereocenters. The van der Waals surface area contributed by atoms with Gasteiger partial charge in [0, 0.05) is 13.0 Å². The molecule has 0 saturated carbocycles. The molecule has 1 atom stereocenters. The van der Waals surface area contributed by atoms with Crippen molar-refractivity contribution in [2.75, 3.05) is 13.7 Å². The maximum atomic E-state index is 12.0. The Balaban J connectivity index is 2.12. The molecule has 0 bridgehead atoms. The fourth-order valence-electron chi connectivity index (χ4n) is 2.50. The lowest BCUT2D eigenvalue weighted by Crippen LogP contribution is -2.41. The maximum Gasteiger partial charge on any atom is 0.407 e. The van der Waals surface area contributed by atoms with Crippen LogP contribution >= 0.6 is 0 Å². The summed E-state index contributed by atoms with van der Waals surface area (Å²) in [5.41, 5.74) is 1.72. The van der Waals surface area contributed by atoms with E-state index in [0.717, 1.165) is 24.0 Å². The highest BCUT2D eigenvalue weighted by Gasteiger charge is 2.21. The van der Waals surface area contributed by atoms with Gasteiger partial charge in [-0.15, -0.1) is 6.58 Å². The van der Waals surface area contributed by atoms with E-state index in [2.05, 4.69) is 17.2 Å². The van der Waals surface area contributed by atoms with Gasteiger partial charge in [0.2, 0.25) is 5.91 Å². The molecule has 0 saturated heterocycles. The zero-order valence-corrected chi connectivity index (χ0v) is 16.7. The molecular formula is C21H30N2O5. The quantitative estimate of drug-likeness (QED) is 0.325. The first-order chi connectivity index (χ1) is 13.4. The molecule has 7 heteroatoms. The number of amides is 2. The van der Waals surface area contributed by atoms with Crippen LogP contribution < -0.4 is 10.6 Å².